The lowest BCUT2D eigenvalue weighted by Crippen LogP contribution is -2.17. The Morgan fingerprint density at radius 2 is 2.17 bits per heavy atom. The standard InChI is InChI=1S/C19H18N2O3/c1-4-10-24-18-9-8-17(23-3)12-16(18)13-20-21-19(22)15-7-5-6-14(2)11-15/h1,5-9,11-13H,10H2,2-3H3,(H,21,22)/b20-13-. The molecule has 0 aliphatic heterocycles. The van der Waals surface area contributed by atoms with Crippen molar-refractivity contribution >= 4 is 12.1 Å². The third kappa shape index (κ3) is 4.62. The summed E-state index contributed by atoms with van der Waals surface area (Å²) in [6.07, 6.45) is 6.70. The first-order valence-corrected chi connectivity index (χ1v) is 7.28. The van der Waals surface area contributed by atoms with Crippen LogP contribution in [0.3, 0.4) is 0 Å². The molecule has 0 aromatic heterocycles. The van der Waals surface area contributed by atoms with E-state index in [2.05, 4.69) is 16.4 Å². The van der Waals surface area contributed by atoms with E-state index in [0.717, 1.165) is 5.56 Å². The van der Waals surface area contributed by atoms with E-state index in [4.69, 9.17) is 15.9 Å². The molecule has 5 nitrogen and oxygen atoms in total. The fourth-order valence-electron chi connectivity index (χ4n) is 2.02. The normalized spacial score (nSPS) is 10.2. The van der Waals surface area contributed by atoms with Crippen LogP contribution in [-0.4, -0.2) is 25.8 Å². The molecule has 0 fully saturated rings. The van der Waals surface area contributed by atoms with Crippen molar-refractivity contribution < 1.29 is 14.3 Å². The van der Waals surface area contributed by atoms with Gasteiger partial charge in [0.1, 0.15) is 18.1 Å². The van der Waals surface area contributed by atoms with Crippen LogP contribution in [0.15, 0.2) is 47.6 Å². The monoisotopic (exact) mass is 322 g/mol. The molecule has 0 heterocycles. The number of hydrogen-bond donors (Lipinski definition) is 1. The first kappa shape index (κ1) is 17.1. The predicted molar refractivity (Wildman–Crippen MR) is 93.6 cm³/mol. The van der Waals surface area contributed by atoms with Gasteiger partial charge in [-0.2, -0.15) is 5.10 Å². The highest BCUT2D eigenvalue weighted by Gasteiger charge is 2.06. The molecule has 0 atom stereocenters. The SMILES string of the molecule is C#CCOc1ccc(OC)cc1/C=N\NC(=O)c1cccc(C)c1. The van der Waals surface area contributed by atoms with Gasteiger partial charge in [0.15, 0.2) is 0 Å². The van der Waals surface area contributed by atoms with Gasteiger partial charge in [0, 0.05) is 11.1 Å². The van der Waals surface area contributed by atoms with Gasteiger partial charge in [0.2, 0.25) is 0 Å². The zero-order chi connectivity index (χ0) is 17.4. The molecule has 2 rings (SSSR count). The number of carbonyl (C=O) groups is 1. The van der Waals surface area contributed by atoms with E-state index in [1.54, 1.807) is 37.4 Å². The second-order valence-corrected chi connectivity index (χ2v) is 4.97. The topological polar surface area (TPSA) is 59.9 Å². The van der Waals surface area contributed by atoms with Crippen LogP contribution in [0.1, 0.15) is 21.5 Å². The van der Waals surface area contributed by atoms with Crippen molar-refractivity contribution in [3.63, 3.8) is 0 Å². The van der Waals surface area contributed by atoms with Crippen LogP contribution >= 0.6 is 0 Å². The number of hydrogen-bond acceptors (Lipinski definition) is 4. The largest absolute Gasteiger partial charge is 0.497 e. The highest BCUT2D eigenvalue weighted by molar-refractivity contribution is 5.95. The maximum Gasteiger partial charge on any atom is 0.271 e. The lowest BCUT2D eigenvalue weighted by molar-refractivity contribution is 0.0955. The molecule has 1 amide bonds. The third-order valence-electron chi connectivity index (χ3n) is 3.18. The minimum absolute atomic E-state index is 0.142. The molecular formula is C19H18N2O3. The summed E-state index contributed by atoms with van der Waals surface area (Å²) in [6.45, 7) is 2.06. The highest BCUT2D eigenvalue weighted by atomic mass is 16.5. The Morgan fingerprint density at radius 1 is 1.33 bits per heavy atom. The predicted octanol–water partition coefficient (Wildman–Crippen LogP) is 2.78. The molecule has 24 heavy (non-hydrogen) atoms. The number of carbonyl (C=O) groups excluding carboxylic acids is 1. The fourth-order valence-corrected chi connectivity index (χ4v) is 2.02. The van der Waals surface area contributed by atoms with Crippen molar-refractivity contribution in [3.05, 3.63) is 59.2 Å². The fraction of sp³-hybridized carbons (Fsp3) is 0.158. The van der Waals surface area contributed by atoms with Gasteiger partial charge in [0.05, 0.1) is 13.3 Å². The van der Waals surface area contributed by atoms with Crippen LogP contribution in [0.5, 0.6) is 11.5 Å². The number of methoxy groups -OCH3 is 1. The number of terminal acetylenes is 1. The lowest BCUT2D eigenvalue weighted by atomic mass is 10.1. The zero-order valence-corrected chi connectivity index (χ0v) is 13.6. The third-order valence-corrected chi connectivity index (χ3v) is 3.18. The van der Waals surface area contributed by atoms with Crippen molar-refractivity contribution in [3.8, 4) is 23.8 Å². The summed E-state index contributed by atoms with van der Waals surface area (Å²) in [5.41, 5.74) is 4.68. The maximum atomic E-state index is 12.1. The molecule has 0 saturated heterocycles. The van der Waals surface area contributed by atoms with Gasteiger partial charge in [-0.05, 0) is 37.3 Å². The molecule has 0 aliphatic carbocycles. The summed E-state index contributed by atoms with van der Waals surface area (Å²) >= 11 is 0. The van der Waals surface area contributed by atoms with Crippen LogP contribution in [-0.2, 0) is 0 Å². The van der Waals surface area contributed by atoms with E-state index < -0.39 is 0 Å². The van der Waals surface area contributed by atoms with Gasteiger partial charge < -0.3 is 9.47 Å². The van der Waals surface area contributed by atoms with Gasteiger partial charge in [-0.25, -0.2) is 5.43 Å². The van der Waals surface area contributed by atoms with Crippen molar-refractivity contribution in [2.75, 3.05) is 13.7 Å². The van der Waals surface area contributed by atoms with E-state index in [9.17, 15) is 4.79 Å². The molecule has 0 radical (unpaired) electrons. The molecule has 0 spiro atoms. The number of aryl methyl sites for hydroxylation is 1. The van der Waals surface area contributed by atoms with Crippen molar-refractivity contribution in [1.29, 1.82) is 0 Å². The molecule has 2 aromatic carbocycles. The molecule has 0 aliphatic rings. The molecule has 5 heteroatoms. The molecule has 0 bridgehead atoms. The van der Waals surface area contributed by atoms with Crippen molar-refractivity contribution in [2.24, 2.45) is 5.10 Å². The van der Waals surface area contributed by atoms with Gasteiger partial charge in [0.25, 0.3) is 5.91 Å². The second-order valence-electron chi connectivity index (χ2n) is 4.97. The zero-order valence-electron chi connectivity index (χ0n) is 13.6. The Labute approximate surface area is 141 Å². The molecule has 2 aromatic rings. The number of nitrogens with one attached hydrogen (secondary N) is 1. The van der Waals surface area contributed by atoms with Gasteiger partial charge in [-0.15, -0.1) is 6.42 Å². The van der Waals surface area contributed by atoms with E-state index in [1.807, 2.05) is 19.1 Å². The first-order chi connectivity index (χ1) is 11.6. The summed E-state index contributed by atoms with van der Waals surface area (Å²) in [6, 6.07) is 12.5. The first-order valence-electron chi connectivity index (χ1n) is 7.28. The van der Waals surface area contributed by atoms with E-state index in [-0.39, 0.29) is 12.5 Å². The van der Waals surface area contributed by atoms with Crippen LogP contribution in [0.2, 0.25) is 0 Å². The minimum atomic E-state index is -0.288. The number of ether oxygens (including phenoxy) is 2. The Kier molecular flexibility index (Phi) is 5.98. The van der Waals surface area contributed by atoms with Crippen LogP contribution in [0, 0.1) is 19.3 Å². The minimum Gasteiger partial charge on any atom is -0.497 e. The summed E-state index contributed by atoms with van der Waals surface area (Å²) in [5, 5.41) is 3.98. The number of hydrazone groups is 1. The van der Waals surface area contributed by atoms with Gasteiger partial charge >= 0.3 is 0 Å². The Bertz CT molecular complexity index is 791. The summed E-state index contributed by atoms with van der Waals surface area (Å²) < 4.78 is 10.6. The van der Waals surface area contributed by atoms with Gasteiger partial charge in [-0.1, -0.05) is 23.6 Å². The quantitative estimate of drug-likeness (QED) is 0.505. The summed E-state index contributed by atoms with van der Waals surface area (Å²) in [5.74, 6) is 3.32. The molecule has 122 valence electrons. The molecule has 0 saturated carbocycles. The smallest absolute Gasteiger partial charge is 0.271 e. The Morgan fingerprint density at radius 3 is 2.88 bits per heavy atom. The van der Waals surface area contributed by atoms with Crippen molar-refractivity contribution in [2.45, 2.75) is 6.92 Å². The average molecular weight is 322 g/mol. The van der Waals surface area contributed by atoms with E-state index in [0.29, 0.717) is 22.6 Å². The second kappa shape index (κ2) is 8.39. The number of benzene rings is 2. The number of rotatable bonds is 6. The molecule has 1 N–H and O–H groups in total. The lowest BCUT2D eigenvalue weighted by Gasteiger charge is -2.08. The maximum absolute atomic E-state index is 12.1. The van der Waals surface area contributed by atoms with E-state index in [1.165, 1.54) is 6.21 Å². The molecule has 0 unspecified atom stereocenters. The Balaban J connectivity index is 2.12. The van der Waals surface area contributed by atoms with Crippen LogP contribution in [0.4, 0.5) is 0 Å². The van der Waals surface area contributed by atoms with Crippen LogP contribution in [0.25, 0.3) is 0 Å². The molecular weight excluding hydrogens is 304 g/mol. The average Bonchev–Trinajstić information content (AvgIpc) is 2.60. The van der Waals surface area contributed by atoms with Crippen molar-refractivity contribution in [1.82, 2.24) is 5.43 Å². The number of amides is 1. The van der Waals surface area contributed by atoms with E-state index >= 15 is 0 Å². The van der Waals surface area contributed by atoms with Gasteiger partial charge in [-0.3, -0.25) is 4.79 Å². The Hall–Kier alpha value is -3.26. The number of nitrogens with zero attached hydrogens (tertiary/aromatic N) is 1. The highest BCUT2D eigenvalue weighted by Crippen LogP contribution is 2.22. The summed E-state index contributed by atoms with van der Waals surface area (Å²) in [4.78, 5) is 12.1. The summed E-state index contributed by atoms with van der Waals surface area (Å²) in [7, 11) is 1.57. The van der Waals surface area contributed by atoms with Crippen LogP contribution < -0.4 is 14.9 Å².